The highest BCUT2D eigenvalue weighted by Crippen LogP contribution is 2.24. The number of rotatable bonds is 6. The highest BCUT2D eigenvalue weighted by atomic mass is 32.1. The van der Waals surface area contributed by atoms with Gasteiger partial charge in [0, 0.05) is 44.2 Å². The first kappa shape index (κ1) is 14.2. The van der Waals surface area contributed by atoms with Crippen LogP contribution in [0.5, 0.6) is 0 Å². The van der Waals surface area contributed by atoms with E-state index in [0.29, 0.717) is 6.04 Å². The molecule has 0 spiro atoms. The fourth-order valence-electron chi connectivity index (χ4n) is 2.68. The van der Waals surface area contributed by atoms with Crippen LogP contribution in [0.2, 0.25) is 0 Å². The summed E-state index contributed by atoms with van der Waals surface area (Å²) in [6.07, 6.45) is 4.03. The van der Waals surface area contributed by atoms with Gasteiger partial charge in [0.05, 0.1) is 11.2 Å². The van der Waals surface area contributed by atoms with Crippen molar-refractivity contribution in [3.8, 4) is 0 Å². The van der Waals surface area contributed by atoms with Gasteiger partial charge in [-0.3, -0.25) is 0 Å². The van der Waals surface area contributed by atoms with Gasteiger partial charge in [-0.1, -0.05) is 0 Å². The number of hydrogen-bond acceptors (Lipinski definition) is 7. The van der Waals surface area contributed by atoms with E-state index in [9.17, 15) is 0 Å². The second-order valence-electron chi connectivity index (χ2n) is 5.11. The van der Waals surface area contributed by atoms with E-state index in [1.165, 1.54) is 12.8 Å². The third-order valence-electron chi connectivity index (χ3n) is 3.75. The summed E-state index contributed by atoms with van der Waals surface area (Å²) in [4.78, 5) is 15.3. The van der Waals surface area contributed by atoms with E-state index in [-0.39, 0.29) is 0 Å². The maximum absolute atomic E-state index is 4.41. The lowest BCUT2D eigenvalue weighted by molar-refractivity contribution is 0.567. The van der Waals surface area contributed by atoms with Gasteiger partial charge in [0.15, 0.2) is 0 Å². The van der Waals surface area contributed by atoms with Gasteiger partial charge >= 0.3 is 0 Å². The van der Waals surface area contributed by atoms with E-state index < -0.39 is 0 Å². The minimum Gasteiger partial charge on any atom is -0.373 e. The van der Waals surface area contributed by atoms with Crippen molar-refractivity contribution in [1.82, 2.24) is 20.3 Å². The lowest BCUT2D eigenvalue weighted by Gasteiger charge is -2.26. The van der Waals surface area contributed by atoms with Gasteiger partial charge in [-0.2, -0.15) is 0 Å². The van der Waals surface area contributed by atoms with Crippen LogP contribution in [0.15, 0.2) is 23.3 Å². The molecule has 1 saturated heterocycles. The third kappa shape index (κ3) is 3.48. The number of hydrogen-bond donors (Lipinski definition) is 2. The molecule has 112 valence electrons. The molecule has 7 heteroatoms. The lowest BCUT2D eigenvalue weighted by atomic mass is 10.2. The van der Waals surface area contributed by atoms with Crippen molar-refractivity contribution in [1.29, 1.82) is 0 Å². The summed E-state index contributed by atoms with van der Waals surface area (Å²) >= 11 is 1.64. The Morgan fingerprint density at radius 1 is 1.38 bits per heavy atom. The number of thiazole rings is 1. The van der Waals surface area contributed by atoms with Crippen LogP contribution < -0.4 is 15.5 Å². The van der Waals surface area contributed by atoms with Crippen LogP contribution in [0.3, 0.4) is 0 Å². The first-order valence-electron chi connectivity index (χ1n) is 7.21. The largest absolute Gasteiger partial charge is 0.373 e. The molecule has 2 N–H and O–H groups in total. The molecule has 21 heavy (non-hydrogen) atoms. The summed E-state index contributed by atoms with van der Waals surface area (Å²) in [5.41, 5.74) is 2.99. The second-order valence-corrected chi connectivity index (χ2v) is 5.83. The zero-order valence-corrected chi connectivity index (χ0v) is 12.9. The SMILES string of the molecule is CNc1cc(N2CCC[C@@H]2CNCc2cscn2)ncn1. The zero-order valence-electron chi connectivity index (χ0n) is 12.1. The monoisotopic (exact) mass is 304 g/mol. The number of nitrogens with one attached hydrogen (secondary N) is 2. The molecule has 0 aliphatic carbocycles. The van der Waals surface area contributed by atoms with E-state index in [1.807, 2.05) is 18.6 Å². The standard InChI is InChI=1S/C14H20N6S/c1-15-13-5-14(18-9-17-13)20-4-2-3-12(20)7-16-6-11-8-21-10-19-11/h5,8-10,12,16H,2-4,6-7H2,1H3,(H,15,17,18)/t12-/m1/s1. The Labute approximate surface area is 128 Å². The van der Waals surface area contributed by atoms with Crippen LogP contribution in [0.4, 0.5) is 11.6 Å². The van der Waals surface area contributed by atoms with Crippen molar-refractivity contribution in [2.24, 2.45) is 0 Å². The predicted molar refractivity (Wildman–Crippen MR) is 85.8 cm³/mol. The highest BCUT2D eigenvalue weighted by molar-refractivity contribution is 7.07. The van der Waals surface area contributed by atoms with Crippen LogP contribution in [-0.2, 0) is 6.54 Å². The molecule has 0 radical (unpaired) electrons. The average Bonchev–Trinajstić information content (AvgIpc) is 3.19. The fraction of sp³-hybridized carbons (Fsp3) is 0.500. The average molecular weight is 304 g/mol. The number of anilines is 2. The molecule has 0 bridgehead atoms. The predicted octanol–water partition coefficient (Wildman–Crippen LogP) is 1.73. The van der Waals surface area contributed by atoms with Gasteiger partial charge in [0.25, 0.3) is 0 Å². The van der Waals surface area contributed by atoms with Crippen molar-refractivity contribution < 1.29 is 0 Å². The molecule has 1 aliphatic rings. The third-order valence-corrected chi connectivity index (χ3v) is 4.39. The van der Waals surface area contributed by atoms with Crippen LogP contribution in [0.25, 0.3) is 0 Å². The topological polar surface area (TPSA) is 66.0 Å². The summed E-state index contributed by atoms with van der Waals surface area (Å²) < 4.78 is 0. The molecule has 0 unspecified atom stereocenters. The molecular weight excluding hydrogens is 284 g/mol. The van der Waals surface area contributed by atoms with Crippen LogP contribution in [-0.4, -0.2) is 41.1 Å². The molecule has 3 heterocycles. The van der Waals surface area contributed by atoms with Gasteiger partial charge in [0.2, 0.25) is 0 Å². The lowest BCUT2D eigenvalue weighted by Crippen LogP contribution is -2.38. The highest BCUT2D eigenvalue weighted by Gasteiger charge is 2.25. The smallest absolute Gasteiger partial charge is 0.134 e. The Morgan fingerprint density at radius 3 is 3.14 bits per heavy atom. The molecule has 3 rings (SSSR count). The first-order valence-corrected chi connectivity index (χ1v) is 8.15. The van der Waals surface area contributed by atoms with Crippen molar-refractivity contribution >= 4 is 23.0 Å². The summed E-state index contributed by atoms with van der Waals surface area (Å²) in [6, 6.07) is 2.50. The van der Waals surface area contributed by atoms with E-state index >= 15 is 0 Å². The van der Waals surface area contributed by atoms with E-state index in [2.05, 4.69) is 35.9 Å². The van der Waals surface area contributed by atoms with Gasteiger partial charge in [-0.15, -0.1) is 11.3 Å². The second kappa shape index (κ2) is 6.82. The fourth-order valence-corrected chi connectivity index (χ4v) is 3.24. The Bertz CT molecular complexity index is 558. The van der Waals surface area contributed by atoms with Crippen LogP contribution in [0, 0.1) is 0 Å². The zero-order chi connectivity index (χ0) is 14.5. The van der Waals surface area contributed by atoms with Crippen molar-refractivity contribution in [3.63, 3.8) is 0 Å². The molecule has 0 aromatic carbocycles. The van der Waals surface area contributed by atoms with Crippen molar-refractivity contribution in [2.75, 3.05) is 30.4 Å². The van der Waals surface area contributed by atoms with Crippen molar-refractivity contribution in [3.05, 3.63) is 29.0 Å². The minimum atomic E-state index is 0.489. The first-order chi connectivity index (χ1) is 10.4. The number of aromatic nitrogens is 3. The summed E-state index contributed by atoms with van der Waals surface area (Å²) in [5.74, 6) is 1.87. The molecule has 2 aromatic rings. The maximum atomic E-state index is 4.41. The quantitative estimate of drug-likeness (QED) is 0.847. The summed E-state index contributed by atoms with van der Waals surface area (Å²) in [6.45, 7) is 2.85. The molecule has 6 nitrogen and oxygen atoms in total. The molecule has 1 fully saturated rings. The van der Waals surface area contributed by atoms with E-state index in [1.54, 1.807) is 17.7 Å². The Morgan fingerprint density at radius 2 is 2.33 bits per heavy atom. The minimum absolute atomic E-state index is 0.489. The molecule has 1 aliphatic heterocycles. The summed E-state index contributed by atoms with van der Waals surface area (Å²) in [5, 5.41) is 8.65. The molecule has 0 saturated carbocycles. The van der Waals surface area contributed by atoms with Crippen LogP contribution in [0.1, 0.15) is 18.5 Å². The Balaban J connectivity index is 1.59. The maximum Gasteiger partial charge on any atom is 0.134 e. The van der Waals surface area contributed by atoms with E-state index in [0.717, 1.165) is 37.0 Å². The van der Waals surface area contributed by atoms with Gasteiger partial charge in [-0.05, 0) is 12.8 Å². The summed E-state index contributed by atoms with van der Waals surface area (Å²) in [7, 11) is 1.88. The van der Waals surface area contributed by atoms with Crippen LogP contribution >= 0.6 is 11.3 Å². The molecule has 2 aromatic heterocycles. The Kier molecular flexibility index (Phi) is 4.62. The normalized spacial score (nSPS) is 18.1. The molecular formula is C14H20N6S. The van der Waals surface area contributed by atoms with Crippen molar-refractivity contribution in [2.45, 2.75) is 25.4 Å². The molecule has 0 amide bonds. The molecule has 1 atom stereocenters. The van der Waals surface area contributed by atoms with Gasteiger partial charge < -0.3 is 15.5 Å². The van der Waals surface area contributed by atoms with Gasteiger partial charge in [0.1, 0.15) is 18.0 Å². The Hall–Kier alpha value is -1.73. The van der Waals surface area contributed by atoms with E-state index in [4.69, 9.17) is 0 Å². The van der Waals surface area contributed by atoms with Gasteiger partial charge in [-0.25, -0.2) is 15.0 Å². The number of nitrogens with zero attached hydrogens (tertiary/aromatic N) is 4.